The molecule has 0 saturated carbocycles. The van der Waals surface area contributed by atoms with Crippen molar-refractivity contribution in [3.05, 3.63) is 60.0 Å². The second kappa shape index (κ2) is 7.78. The number of phenolic OH excluding ortho intramolecular Hbond substituents is 1. The second-order valence-electron chi connectivity index (χ2n) is 6.18. The summed E-state index contributed by atoms with van der Waals surface area (Å²) in [7, 11) is 0. The number of rotatable bonds is 5. The van der Waals surface area contributed by atoms with Gasteiger partial charge in [0.05, 0.1) is 16.5 Å². The molecule has 1 atom stereocenters. The molecular formula is C18H13F3N6O2S. The van der Waals surface area contributed by atoms with E-state index in [0.717, 1.165) is 12.1 Å². The van der Waals surface area contributed by atoms with Crippen molar-refractivity contribution in [2.75, 3.05) is 0 Å². The summed E-state index contributed by atoms with van der Waals surface area (Å²) in [5.41, 5.74) is 0.0514. The molecule has 0 bridgehead atoms. The molecule has 154 valence electrons. The zero-order valence-electron chi connectivity index (χ0n) is 15.3. The molecule has 4 rings (SSSR count). The molecule has 30 heavy (non-hydrogen) atoms. The maximum absolute atomic E-state index is 12.9. The second-order valence-corrected chi connectivity index (χ2v) is 7.49. The van der Waals surface area contributed by atoms with Gasteiger partial charge in [0.25, 0.3) is 0 Å². The Labute approximate surface area is 171 Å². The molecule has 0 spiro atoms. The van der Waals surface area contributed by atoms with Gasteiger partial charge in [0, 0.05) is 5.56 Å². The van der Waals surface area contributed by atoms with Crippen LogP contribution in [0.3, 0.4) is 0 Å². The number of thioether (sulfide) groups is 1. The van der Waals surface area contributed by atoms with Gasteiger partial charge < -0.3 is 9.63 Å². The summed E-state index contributed by atoms with van der Waals surface area (Å²) >= 11 is 1.23. The normalized spacial score (nSPS) is 12.8. The number of hydrogen-bond donors (Lipinski definition) is 1. The molecule has 0 aliphatic rings. The molecule has 8 nitrogen and oxygen atoms in total. The molecular weight excluding hydrogens is 421 g/mol. The Bertz CT molecular complexity index is 1160. The van der Waals surface area contributed by atoms with Crippen molar-refractivity contribution in [2.24, 2.45) is 0 Å². The van der Waals surface area contributed by atoms with Crippen molar-refractivity contribution in [2.45, 2.75) is 23.5 Å². The summed E-state index contributed by atoms with van der Waals surface area (Å²) < 4.78 is 45.5. The van der Waals surface area contributed by atoms with Gasteiger partial charge in [0.15, 0.2) is 0 Å². The predicted octanol–water partition coefficient (Wildman–Crippen LogP) is 4.29. The third-order valence-electron chi connectivity index (χ3n) is 4.05. The van der Waals surface area contributed by atoms with Gasteiger partial charge in [-0.25, -0.2) is 0 Å². The van der Waals surface area contributed by atoms with E-state index < -0.39 is 11.7 Å². The molecule has 2 aromatic heterocycles. The van der Waals surface area contributed by atoms with Crippen LogP contribution in [0.5, 0.6) is 5.75 Å². The lowest BCUT2D eigenvalue weighted by Gasteiger charge is -2.07. The summed E-state index contributed by atoms with van der Waals surface area (Å²) in [5, 5.41) is 24.8. The highest BCUT2D eigenvalue weighted by Crippen LogP contribution is 2.35. The lowest BCUT2D eigenvalue weighted by atomic mass is 10.1. The molecule has 0 saturated heterocycles. The van der Waals surface area contributed by atoms with Gasteiger partial charge in [-0.1, -0.05) is 29.1 Å². The average molecular weight is 434 g/mol. The fourth-order valence-corrected chi connectivity index (χ4v) is 3.41. The largest absolute Gasteiger partial charge is 0.508 e. The van der Waals surface area contributed by atoms with Crippen LogP contribution in [0.4, 0.5) is 13.2 Å². The number of hydrogen-bond acceptors (Lipinski definition) is 8. The lowest BCUT2D eigenvalue weighted by Crippen LogP contribution is -2.04. The van der Waals surface area contributed by atoms with E-state index in [0.29, 0.717) is 10.8 Å². The van der Waals surface area contributed by atoms with Gasteiger partial charge in [-0.05, 0) is 53.7 Å². The summed E-state index contributed by atoms with van der Waals surface area (Å²) in [4.78, 5) is 4.22. The van der Waals surface area contributed by atoms with Gasteiger partial charge in [0.2, 0.25) is 16.9 Å². The minimum absolute atomic E-state index is 0.0571. The number of tetrazole rings is 1. The van der Waals surface area contributed by atoms with Gasteiger partial charge in [0.1, 0.15) is 5.75 Å². The van der Waals surface area contributed by atoms with E-state index in [2.05, 4.69) is 25.7 Å². The SMILES string of the molecule is C[C@@H](Sc1nnnn1-c1ccc(O)cc1)c1nc(-c2cccc(C(F)(F)F)c2)no1. The van der Waals surface area contributed by atoms with Crippen LogP contribution in [0.2, 0.25) is 0 Å². The summed E-state index contributed by atoms with van der Waals surface area (Å²) in [5.74, 6) is 0.386. The topological polar surface area (TPSA) is 103 Å². The monoisotopic (exact) mass is 434 g/mol. The van der Waals surface area contributed by atoms with Crippen LogP contribution in [0.25, 0.3) is 17.1 Å². The minimum Gasteiger partial charge on any atom is -0.508 e. The highest BCUT2D eigenvalue weighted by atomic mass is 32.2. The van der Waals surface area contributed by atoms with Crippen LogP contribution in [0.1, 0.15) is 23.6 Å². The van der Waals surface area contributed by atoms with Crippen LogP contribution in [-0.2, 0) is 6.18 Å². The zero-order valence-corrected chi connectivity index (χ0v) is 16.1. The fraction of sp³-hybridized carbons (Fsp3) is 0.167. The van der Waals surface area contributed by atoms with Crippen molar-refractivity contribution in [1.29, 1.82) is 0 Å². The maximum Gasteiger partial charge on any atom is 0.416 e. The van der Waals surface area contributed by atoms with E-state index in [9.17, 15) is 18.3 Å². The van der Waals surface area contributed by atoms with E-state index in [-0.39, 0.29) is 28.3 Å². The van der Waals surface area contributed by atoms with E-state index in [1.165, 1.54) is 40.7 Å². The summed E-state index contributed by atoms with van der Waals surface area (Å²) in [6.45, 7) is 1.78. The Kier molecular flexibility index (Phi) is 5.16. The first-order chi connectivity index (χ1) is 14.3. The Balaban J connectivity index is 1.54. The average Bonchev–Trinajstić information content (AvgIpc) is 3.38. The highest BCUT2D eigenvalue weighted by Gasteiger charge is 2.31. The van der Waals surface area contributed by atoms with Crippen molar-refractivity contribution in [1.82, 2.24) is 30.3 Å². The van der Waals surface area contributed by atoms with Gasteiger partial charge in [-0.2, -0.15) is 22.8 Å². The standard InChI is InChI=1S/C18H13F3N6O2S/c1-10(30-17-23-25-26-27(17)13-5-7-14(28)8-6-13)16-22-15(24-29-16)11-3-2-4-12(9-11)18(19,20)21/h2-10,28H,1H3/t10-/m1/s1. The Morgan fingerprint density at radius 2 is 1.90 bits per heavy atom. The molecule has 2 heterocycles. The van der Waals surface area contributed by atoms with Gasteiger partial charge in [-0.15, -0.1) is 5.10 Å². The number of aromatic hydroxyl groups is 1. The van der Waals surface area contributed by atoms with Crippen LogP contribution < -0.4 is 0 Å². The molecule has 0 unspecified atom stereocenters. The van der Waals surface area contributed by atoms with E-state index in [1.807, 2.05) is 0 Å². The third-order valence-corrected chi connectivity index (χ3v) is 5.08. The first-order valence-corrected chi connectivity index (χ1v) is 9.45. The maximum atomic E-state index is 12.9. The molecule has 0 radical (unpaired) electrons. The summed E-state index contributed by atoms with van der Waals surface area (Å²) in [6.07, 6.45) is -4.46. The van der Waals surface area contributed by atoms with E-state index in [4.69, 9.17) is 4.52 Å². The van der Waals surface area contributed by atoms with Crippen molar-refractivity contribution in [3.8, 4) is 22.8 Å². The van der Waals surface area contributed by atoms with Crippen LogP contribution in [0, 0.1) is 0 Å². The molecule has 0 aliphatic carbocycles. The van der Waals surface area contributed by atoms with Crippen molar-refractivity contribution in [3.63, 3.8) is 0 Å². The van der Waals surface area contributed by atoms with Gasteiger partial charge >= 0.3 is 6.18 Å². The molecule has 1 N–H and O–H groups in total. The number of halogens is 3. The zero-order chi connectivity index (χ0) is 21.3. The smallest absolute Gasteiger partial charge is 0.416 e. The number of alkyl halides is 3. The molecule has 0 amide bonds. The van der Waals surface area contributed by atoms with Crippen LogP contribution in [0.15, 0.2) is 58.2 Å². The lowest BCUT2D eigenvalue weighted by molar-refractivity contribution is -0.137. The molecule has 12 heteroatoms. The first kappa shape index (κ1) is 19.9. The first-order valence-electron chi connectivity index (χ1n) is 8.57. The van der Waals surface area contributed by atoms with Crippen molar-refractivity contribution >= 4 is 11.8 Å². The molecule has 4 aromatic rings. The predicted molar refractivity (Wildman–Crippen MR) is 99.8 cm³/mol. The number of phenols is 1. The fourth-order valence-electron chi connectivity index (χ4n) is 2.57. The Morgan fingerprint density at radius 1 is 1.13 bits per heavy atom. The Morgan fingerprint density at radius 3 is 2.63 bits per heavy atom. The third kappa shape index (κ3) is 4.13. The quantitative estimate of drug-likeness (QED) is 0.464. The van der Waals surface area contributed by atoms with Crippen molar-refractivity contribution < 1.29 is 22.8 Å². The number of nitrogens with zero attached hydrogens (tertiary/aromatic N) is 6. The summed E-state index contributed by atoms with van der Waals surface area (Å²) in [6, 6.07) is 11.0. The van der Waals surface area contributed by atoms with Crippen LogP contribution in [-0.4, -0.2) is 35.5 Å². The molecule has 0 fully saturated rings. The Hall–Kier alpha value is -3.41. The van der Waals surface area contributed by atoms with Crippen LogP contribution >= 0.6 is 11.8 Å². The number of benzene rings is 2. The highest BCUT2D eigenvalue weighted by molar-refractivity contribution is 7.99. The van der Waals surface area contributed by atoms with Gasteiger partial charge in [-0.3, -0.25) is 0 Å². The van der Waals surface area contributed by atoms with E-state index in [1.54, 1.807) is 19.1 Å². The van der Waals surface area contributed by atoms with E-state index >= 15 is 0 Å². The molecule has 2 aromatic carbocycles. The number of aromatic nitrogens is 6. The minimum atomic E-state index is -4.46. The molecule has 0 aliphatic heterocycles.